The number of aryl methyl sites for hydroxylation is 2. The van der Waals surface area contributed by atoms with Crippen molar-refractivity contribution in [1.29, 1.82) is 0 Å². The lowest BCUT2D eigenvalue weighted by molar-refractivity contribution is -0.113. The van der Waals surface area contributed by atoms with Crippen molar-refractivity contribution in [1.82, 2.24) is 20.2 Å². The van der Waals surface area contributed by atoms with Crippen molar-refractivity contribution in [3.05, 3.63) is 107 Å². The molecule has 0 aliphatic carbocycles. The summed E-state index contributed by atoms with van der Waals surface area (Å²) in [6.45, 7) is 20.2. The number of carbonyl (C=O) groups excluding carboxylic acids is 1. The maximum Gasteiger partial charge on any atom is 0.256 e. The van der Waals surface area contributed by atoms with Crippen LogP contribution in [0.4, 0.5) is 26.2 Å². The van der Waals surface area contributed by atoms with E-state index in [0.29, 0.717) is 30.0 Å². The Bertz CT molecular complexity index is 1740. The van der Waals surface area contributed by atoms with E-state index in [9.17, 15) is 4.79 Å². The highest BCUT2D eigenvalue weighted by Crippen LogP contribution is 2.39. The number of nitrogens with zero attached hydrogens (tertiary/aromatic N) is 4. The van der Waals surface area contributed by atoms with Crippen LogP contribution in [0.15, 0.2) is 71.7 Å². The van der Waals surface area contributed by atoms with E-state index in [-0.39, 0.29) is 18.2 Å². The van der Waals surface area contributed by atoms with Crippen molar-refractivity contribution >= 4 is 29.1 Å². The molecule has 2 N–H and O–H groups in total. The number of hydrogen-bond acceptors (Lipinski definition) is 7. The lowest BCUT2D eigenvalue weighted by Crippen LogP contribution is -2.28. The van der Waals surface area contributed by atoms with Crippen LogP contribution in [0.3, 0.4) is 0 Å². The van der Waals surface area contributed by atoms with Crippen LogP contribution in [-0.4, -0.2) is 47.0 Å². The second-order valence-corrected chi connectivity index (χ2v) is 11.2. The maximum atomic E-state index is 15.2. The average Bonchev–Trinajstić information content (AvgIpc) is 3.44. The van der Waals surface area contributed by atoms with Crippen molar-refractivity contribution in [3.8, 4) is 11.3 Å². The molecule has 1 amide bonds. The number of para-hydroxylation sites is 1. The van der Waals surface area contributed by atoms with E-state index < -0.39 is 23.2 Å². The van der Waals surface area contributed by atoms with E-state index in [1.54, 1.807) is 6.08 Å². The highest BCUT2D eigenvalue weighted by Gasteiger charge is 2.31. The van der Waals surface area contributed by atoms with E-state index in [2.05, 4.69) is 36.0 Å². The largest absolute Gasteiger partial charge is 0.465 e. The quantitative estimate of drug-likeness (QED) is 0.140. The van der Waals surface area contributed by atoms with Gasteiger partial charge in [-0.25, -0.2) is 13.8 Å². The summed E-state index contributed by atoms with van der Waals surface area (Å²) in [6.07, 6.45) is 4.11. The monoisotopic (exact) mass is 656 g/mol. The van der Waals surface area contributed by atoms with Gasteiger partial charge in [-0.15, -0.1) is 0 Å². The molecule has 48 heavy (non-hydrogen) atoms. The van der Waals surface area contributed by atoms with Gasteiger partial charge >= 0.3 is 0 Å². The number of allylic oxidation sites excluding steroid dienone is 1. The van der Waals surface area contributed by atoms with Gasteiger partial charge in [-0.2, -0.15) is 4.98 Å². The van der Waals surface area contributed by atoms with Gasteiger partial charge < -0.3 is 20.0 Å². The van der Waals surface area contributed by atoms with Crippen LogP contribution in [0.2, 0.25) is 0 Å². The molecule has 1 aliphatic rings. The Kier molecular flexibility index (Phi) is 12.6. The molecule has 0 atom stereocenters. The molecule has 0 saturated heterocycles. The number of nitrogens with one attached hydrogen (secondary N) is 2. The minimum atomic E-state index is -0.865. The van der Waals surface area contributed by atoms with Crippen LogP contribution in [-0.2, 0) is 17.8 Å². The average molecular weight is 657 g/mol. The van der Waals surface area contributed by atoms with Gasteiger partial charge in [0, 0.05) is 29.4 Å². The highest BCUT2D eigenvalue weighted by atomic mass is 19.1. The Balaban J connectivity index is 0.00000255. The molecular formula is C38H46F2N6O2. The molecule has 0 saturated carbocycles. The van der Waals surface area contributed by atoms with Crippen LogP contribution >= 0.6 is 0 Å². The third-order valence-corrected chi connectivity index (χ3v) is 8.10. The first-order chi connectivity index (χ1) is 23.2. The van der Waals surface area contributed by atoms with E-state index in [4.69, 9.17) is 14.4 Å². The number of halogens is 2. The maximum absolute atomic E-state index is 15.2. The standard InChI is InChI=1S/C36H40F2N6O2.C2H6/c1-6-43(7-2)20-10-19-39-36-41-33(29-21-26(17-15-23(29)3)25(5)40-22-27-18-16-24(4)46-27)28-11-8-14-32(45)44(35(28)42-36)34-30(37)12-9-13-31(34)38;1-2/h8-9,12-18,21,40H,5-7,10-11,19-20,22H2,1-4H3,(H,39,41,42);1-2H3. The summed E-state index contributed by atoms with van der Waals surface area (Å²) in [6, 6.07) is 13.3. The van der Waals surface area contributed by atoms with Crippen LogP contribution in [0.1, 0.15) is 62.3 Å². The molecule has 5 rings (SSSR count). The van der Waals surface area contributed by atoms with E-state index in [1.807, 2.05) is 58.0 Å². The fraction of sp³-hybridized carbons (Fsp3) is 0.342. The van der Waals surface area contributed by atoms with Gasteiger partial charge in [0.05, 0.1) is 12.2 Å². The van der Waals surface area contributed by atoms with Crippen molar-refractivity contribution in [2.24, 2.45) is 0 Å². The van der Waals surface area contributed by atoms with Gasteiger partial charge in [0.25, 0.3) is 5.91 Å². The molecule has 0 spiro atoms. The second-order valence-electron chi connectivity index (χ2n) is 11.2. The molecular weight excluding hydrogens is 610 g/mol. The number of carbonyl (C=O) groups is 1. The first-order valence-corrected chi connectivity index (χ1v) is 16.6. The minimum absolute atomic E-state index is 0.130. The summed E-state index contributed by atoms with van der Waals surface area (Å²) in [7, 11) is 0. The number of fused-ring (bicyclic) bond motifs is 1. The number of amides is 1. The predicted molar refractivity (Wildman–Crippen MR) is 190 cm³/mol. The molecule has 2 aromatic carbocycles. The Morgan fingerprint density at radius 3 is 2.44 bits per heavy atom. The van der Waals surface area contributed by atoms with Gasteiger partial charge in [0.2, 0.25) is 5.95 Å². The second kappa shape index (κ2) is 16.8. The van der Waals surface area contributed by atoms with E-state index in [0.717, 1.165) is 71.3 Å². The van der Waals surface area contributed by atoms with Gasteiger partial charge in [-0.1, -0.05) is 58.5 Å². The summed E-state index contributed by atoms with van der Waals surface area (Å²) in [5.41, 5.74) is 3.89. The lowest BCUT2D eigenvalue weighted by Gasteiger charge is -2.25. The molecule has 3 heterocycles. The Labute approximate surface area is 282 Å². The lowest BCUT2D eigenvalue weighted by atomic mass is 9.96. The fourth-order valence-corrected chi connectivity index (χ4v) is 5.51. The topological polar surface area (TPSA) is 86.5 Å². The molecule has 0 bridgehead atoms. The predicted octanol–water partition coefficient (Wildman–Crippen LogP) is 8.34. The zero-order valence-corrected chi connectivity index (χ0v) is 28.8. The molecule has 1 aliphatic heterocycles. The number of benzene rings is 2. The Morgan fingerprint density at radius 2 is 1.77 bits per heavy atom. The first kappa shape index (κ1) is 36.0. The van der Waals surface area contributed by atoms with Gasteiger partial charge in [0.15, 0.2) is 0 Å². The van der Waals surface area contributed by atoms with E-state index in [1.165, 1.54) is 12.1 Å². The van der Waals surface area contributed by atoms with Crippen molar-refractivity contribution in [2.75, 3.05) is 36.4 Å². The molecule has 254 valence electrons. The number of furan rings is 1. The number of aromatic nitrogens is 2. The minimum Gasteiger partial charge on any atom is -0.465 e. The molecule has 2 aromatic heterocycles. The smallest absolute Gasteiger partial charge is 0.256 e. The molecule has 0 unspecified atom stereocenters. The van der Waals surface area contributed by atoms with Crippen LogP contribution in [0.5, 0.6) is 0 Å². The molecule has 0 fully saturated rings. The molecule has 0 radical (unpaired) electrons. The molecule has 10 heteroatoms. The van der Waals surface area contributed by atoms with Crippen LogP contribution < -0.4 is 15.5 Å². The zero-order chi connectivity index (χ0) is 34.8. The Hall–Kier alpha value is -4.83. The number of hydrogen-bond donors (Lipinski definition) is 2. The normalized spacial score (nSPS) is 12.4. The van der Waals surface area contributed by atoms with Gasteiger partial charge in [0.1, 0.15) is 34.7 Å². The summed E-state index contributed by atoms with van der Waals surface area (Å²) in [5, 5.41) is 6.63. The Morgan fingerprint density at radius 1 is 1.04 bits per heavy atom. The van der Waals surface area contributed by atoms with Gasteiger partial charge in [-0.3, -0.25) is 9.69 Å². The van der Waals surface area contributed by atoms with Crippen LogP contribution in [0, 0.1) is 25.5 Å². The fourth-order valence-electron chi connectivity index (χ4n) is 5.51. The summed E-state index contributed by atoms with van der Waals surface area (Å²) < 4.78 is 36.1. The summed E-state index contributed by atoms with van der Waals surface area (Å²) in [4.78, 5) is 26.4. The van der Waals surface area contributed by atoms with Gasteiger partial charge in [-0.05, 0) is 87.8 Å². The van der Waals surface area contributed by atoms with Crippen molar-refractivity contribution in [3.63, 3.8) is 0 Å². The summed E-state index contributed by atoms with van der Waals surface area (Å²) in [5.74, 6) is -0.313. The van der Waals surface area contributed by atoms with Crippen LogP contribution in [0.25, 0.3) is 17.0 Å². The zero-order valence-electron chi connectivity index (χ0n) is 28.8. The first-order valence-electron chi connectivity index (χ1n) is 16.6. The third-order valence-electron chi connectivity index (χ3n) is 8.10. The number of rotatable bonds is 13. The van der Waals surface area contributed by atoms with Crippen molar-refractivity contribution < 1.29 is 18.0 Å². The summed E-state index contributed by atoms with van der Waals surface area (Å²) >= 11 is 0. The highest BCUT2D eigenvalue weighted by molar-refractivity contribution is 6.08. The van der Waals surface area contributed by atoms with Crippen molar-refractivity contribution in [2.45, 2.75) is 60.9 Å². The van der Waals surface area contributed by atoms with E-state index >= 15 is 8.78 Å². The molecule has 4 aromatic rings. The SMILES string of the molecule is C=C(NCc1ccc(C)o1)c1ccc(C)c(-c2nc(NCCCN(CC)CC)nc3c2CC=CC(=O)N3c2c(F)cccc2F)c1.CC. The molecule has 8 nitrogen and oxygen atoms in total. The third kappa shape index (κ3) is 8.36. The number of anilines is 3.